The number of rotatable bonds is 8. The van der Waals surface area contributed by atoms with E-state index >= 15 is 0 Å². The highest BCUT2D eigenvalue weighted by Crippen LogP contribution is 2.05. The number of unbranched alkanes of at least 4 members (excludes halogenated alkanes) is 1. The maximum Gasteiger partial charge on any atom is 0.407 e. The summed E-state index contributed by atoms with van der Waals surface area (Å²) in [6, 6.07) is -0.647. The van der Waals surface area contributed by atoms with Crippen molar-refractivity contribution in [2.24, 2.45) is 5.92 Å². The molecule has 0 aromatic carbocycles. The van der Waals surface area contributed by atoms with Crippen LogP contribution in [0.4, 0.5) is 4.79 Å². The SMILES string of the molecule is CCCCOC(=O)C(NC(=O)OCCC)C(C)C. The van der Waals surface area contributed by atoms with Crippen LogP contribution in [0.25, 0.3) is 0 Å². The Hall–Kier alpha value is -1.26. The molecule has 0 radical (unpaired) electrons. The topological polar surface area (TPSA) is 64.6 Å². The number of hydrogen-bond acceptors (Lipinski definition) is 4. The van der Waals surface area contributed by atoms with Gasteiger partial charge in [0.05, 0.1) is 13.2 Å². The first kappa shape index (κ1) is 16.7. The number of nitrogens with one attached hydrogen (secondary N) is 1. The van der Waals surface area contributed by atoms with Crippen molar-refractivity contribution in [3.63, 3.8) is 0 Å². The van der Waals surface area contributed by atoms with Gasteiger partial charge in [-0.05, 0) is 18.8 Å². The fraction of sp³-hybridized carbons (Fsp3) is 0.846. The summed E-state index contributed by atoms with van der Waals surface area (Å²) in [5.41, 5.74) is 0. The molecule has 0 bridgehead atoms. The number of alkyl carbamates (subject to hydrolysis) is 1. The molecule has 0 aliphatic heterocycles. The summed E-state index contributed by atoms with van der Waals surface area (Å²) < 4.78 is 9.99. The van der Waals surface area contributed by atoms with E-state index in [1.807, 2.05) is 27.7 Å². The van der Waals surface area contributed by atoms with Gasteiger partial charge in [0.2, 0.25) is 0 Å². The monoisotopic (exact) mass is 259 g/mol. The molecule has 0 fully saturated rings. The van der Waals surface area contributed by atoms with E-state index in [1.54, 1.807) is 0 Å². The van der Waals surface area contributed by atoms with Crippen molar-refractivity contribution in [3.8, 4) is 0 Å². The van der Waals surface area contributed by atoms with E-state index in [0.717, 1.165) is 19.3 Å². The highest BCUT2D eigenvalue weighted by atomic mass is 16.6. The number of carbonyl (C=O) groups is 2. The maximum atomic E-state index is 11.8. The first-order valence-electron chi connectivity index (χ1n) is 6.62. The summed E-state index contributed by atoms with van der Waals surface area (Å²) in [7, 11) is 0. The van der Waals surface area contributed by atoms with Gasteiger partial charge in [0.25, 0.3) is 0 Å². The lowest BCUT2D eigenvalue weighted by atomic mass is 10.1. The molecule has 0 rings (SSSR count). The smallest absolute Gasteiger partial charge is 0.407 e. The van der Waals surface area contributed by atoms with Crippen LogP contribution in [0.3, 0.4) is 0 Å². The third-order valence-electron chi connectivity index (χ3n) is 2.37. The predicted molar refractivity (Wildman–Crippen MR) is 69.3 cm³/mol. The largest absolute Gasteiger partial charge is 0.464 e. The number of amides is 1. The van der Waals surface area contributed by atoms with Gasteiger partial charge in [0.1, 0.15) is 6.04 Å². The molecule has 5 nitrogen and oxygen atoms in total. The van der Waals surface area contributed by atoms with Crippen LogP contribution in [0.5, 0.6) is 0 Å². The Bertz CT molecular complexity index is 253. The van der Waals surface area contributed by atoms with Crippen LogP contribution >= 0.6 is 0 Å². The van der Waals surface area contributed by atoms with E-state index in [-0.39, 0.29) is 5.92 Å². The van der Waals surface area contributed by atoms with Crippen molar-refractivity contribution >= 4 is 12.1 Å². The lowest BCUT2D eigenvalue weighted by molar-refractivity contribution is -0.147. The van der Waals surface area contributed by atoms with Crippen LogP contribution in [-0.4, -0.2) is 31.3 Å². The van der Waals surface area contributed by atoms with Gasteiger partial charge in [-0.3, -0.25) is 0 Å². The molecule has 1 atom stereocenters. The molecule has 0 aliphatic carbocycles. The molecule has 0 saturated heterocycles. The van der Waals surface area contributed by atoms with Gasteiger partial charge in [-0.2, -0.15) is 0 Å². The standard InChI is InChI=1S/C13H25NO4/c1-5-7-9-17-12(15)11(10(3)4)14-13(16)18-8-6-2/h10-11H,5-9H2,1-4H3,(H,14,16). The van der Waals surface area contributed by atoms with Crippen molar-refractivity contribution in [2.75, 3.05) is 13.2 Å². The van der Waals surface area contributed by atoms with Gasteiger partial charge in [0, 0.05) is 0 Å². The molecule has 0 aliphatic rings. The minimum absolute atomic E-state index is 0.0340. The van der Waals surface area contributed by atoms with Gasteiger partial charge in [-0.1, -0.05) is 34.1 Å². The molecule has 5 heteroatoms. The fourth-order valence-corrected chi connectivity index (χ4v) is 1.27. The van der Waals surface area contributed by atoms with Crippen LogP contribution in [0, 0.1) is 5.92 Å². The summed E-state index contributed by atoms with van der Waals surface area (Å²) in [6.45, 7) is 8.38. The molecule has 0 saturated carbocycles. The predicted octanol–water partition coefficient (Wildman–Crippen LogP) is 2.49. The molecular formula is C13H25NO4. The Kier molecular flexibility index (Phi) is 9.06. The zero-order chi connectivity index (χ0) is 14.0. The van der Waals surface area contributed by atoms with Crippen molar-refractivity contribution in [3.05, 3.63) is 0 Å². The van der Waals surface area contributed by atoms with E-state index in [0.29, 0.717) is 13.2 Å². The number of hydrogen-bond donors (Lipinski definition) is 1. The van der Waals surface area contributed by atoms with E-state index in [2.05, 4.69) is 5.32 Å². The second-order valence-electron chi connectivity index (χ2n) is 4.52. The third-order valence-corrected chi connectivity index (χ3v) is 2.37. The minimum Gasteiger partial charge on any atom is -0.464 e. The van der Waals surface area contributed by atoms with Crippen LogP contribution < -0.4 is 5.32 Å². The summed E-state index contributed by atoms with van der Waals surface area (Å²) >= 11 is 0. The summed E-state index contributed by atoms with van der Waals surface area (Å²) in [4.78, 5) is 23.2. The van der Waals surface area contributed by atoms with Crippen molar-refractivity contribution in [2.45, 2.75) is 53.0 Å². The Balaban J connectivity index is 4.20. The zero-order valence-corrected chi connectivity index (χ0v) is 11.8. The minimum atomic E-state index is -0.647. The van der Waals surface area contributed by atoms with Gasteiger partial charge in [0.15, 0.2) is 0 Å². The molecule has 1 amide bonds. The van der Waals surface area contributed by atoms with E-state index in [4.69, 9.17) is 9.47 Å². The lowest BCUT2D eigenvalue weighted by Gasteiger charge is -2.20. The Labute approximate surface area is 109 Å². The van der Waals surface area contributed by atoms with Crippen LogP contribution in [0.1, 0.15) is 47.0 Å². The Morgan fingerprint density at radius 1 is 1.06 bits per heavy atom. The number of carbonyl (C=O) groups excluding carboxylic acids is 2. The Morgan fingerprint density at radius 3 is 2.22 bits per heavy atom. The van der Waals surface area contributed by atoms with E-state index < -0.39 is 18.1 Å². The first-order chi connectivity index (χ1) is 8.52. The highest BCUT2D eigenvalue weighted by molar-refractivity contribution is 5.81. The van der Waals surface area contributed by atoms with Crippen molar-refractivity contribution < 1.29 is 19.1 Å². The van der Waals surface area contributed by atoms with Crippen molar-refractivity contribution in [1.82, 2.24) is 5.32 Å². The molecule has 0 spiro atoms. The van der Waals surface area contributed by atoms with Crippen LogP contribution in [-0.2, 0) is 14.3 Å². The van der Waals surface area contributed by atoms with Crippen LogP contribution in [0.2, 0.25) is 0 Å². The fourth-order valence-electron chi connectivity index (χ4n) is 1.27. The van der Waals surface area contributed by atoms with Crippen molar-refractivity contribution in [1.29, 1.82) is 0 Å². The molecule has 0 heterocycles. The second kappa shape index (κ2) is 9.74. The second-order valence-corrected chi connectivity index (χ2v) is 4.52. The summed E-state index contributed by atoms with van der Waals surface area (Å²) in [6.07, 6.45) is 1.98. The number of esters is 1. The molecule has 0 aromatic heterocycles. The van der Waals surface area contributed by atoms with E-state index in [9.17, 15) is 9.59 Å². The molecule has 0 aromatic rings. The summed E-state index contributed by atoms with van der Waals surface area (Å²) in [5.74, 6) is -0.430. The normalized spacial score (nSPS) is 12.1. The van der Waals surface area contributed by atoms with Gasteiger partial charge in [-0.25, -0.2) is 9.59 Å². The average Bonchev–Trinajstić information content (AvgIpc) is 2.33. The van der Waals surface area contributed by atoms with E-state index in [1.165, 1.54) is 0 Å². The zero-order valence-electron chi connectivity index (χ0n) is 11.8. The summed E-state index contributed by atoms with van der Waals surface area (Å²) in [5, 5.41) is 2.54. The quantitative estimate of drug-likeness (QED) is 0.537. The van der Waals surface area contributed by atoms with Gasteiger partial charge in [-0.15, -0.1) is 0 Å². The third kappa shape index (κ3) is 7.14. The first-order valence-corrected chi connectivity index (χ1v) is 6.62. The number of ether oxygens (including phenoxy) is 2. The molecule has 106 valence electrons. The Morgan fingerprint density at radius 2 is 1.72 bits per heavy atom. The maximum absolute atomic E-state index is 11.8. The van der Waals surface area contributed by atoms with Gasteiger partial charge >= 0.3 is 12.1 Å². The molecular weight excluding hydrogens is 234 g/mol. The average molecular weight is 259 g/mol. The lowest BCUT2D eigenvalue weighted by Crippen LogP contribution is -2.45. The van der Waals surface area contributed by atoms with Gasteiger partial charge < -0.3 is 14.8 Å². The van der Waals surface area contributed by atoms with Crippen LogP contribution in [0.15, 0.2) is 0 Å². The highest BCUT2D eigenvalue weighted by Gasteiger charge is 2.26. The molecule has 18 heavy (non-hydrogen) atoms. The molecule has 1 unspecified atom stereocenters. The molecule has 1 N–H and O–H groups in total.